The number of ether oxygens (including phenoxy) is 2. The van der Waals surface area contributed by atoms with Crippen LogP contribution in [0.3, 0.4) is 0 Å². The van der Waals surface area contributed by atoms with Gasteiger partial charge in [0.25, 0.3) is 5.88 Å². The van der Waals surface area contributed by atoms with Crippen molar-refractivity contribution in [3.05, 3.63) is 42.0 Å². The van der Waals surface area contributed by atoms with Gasteiger partial charge in [0.2, 0.25) is 5.88 Å². The van der Waals surface area contributed by atoms with E-state index >= 15 is 0 Å². The van der Waals surface area contributed by atoms with Crippen molar-refractivity contribution in [3.8, 4) is 17.5 Å². The maximum Gasteiger partial charge on any atom is 0.573 e. The van der Waals surface area contributed by atoms with Gasteiger partial charge in [0.1, 0.15) is 11.9 Å². The third kappa shape index (κ3) is 6.73. The van der Waals surface area contributed by atoms with Gasteiger partial charge in [-0.1, -0.05) is 5.16 Å². The van der Waals surface area contributed by atoms with E-state index in [4.69, 9.17) is 14.7 Å². The van der Waals surface area contributed by atoms with Crippen molar-refractivity contribution >= 4 is 11.8 Å². The lowest BCUT2D eigenvalue weighted by Gasteiger charge is -2.29. The Bertz CT molecular complexity index is 912. The summed E-state index contributed by atoms with van der Waals surface area (Å²) in [5.74, 6) is 0.0477. The molecule has 166 valence electrons. The summed E-state index contributed by atoms with van der Waals surface area (Å²) in [4.78, 5) is 17.4. The number of oxime groups is 1. The van der Waals surface area contributed by atoms with Gasteiger partial charge in [0.15, 0.2) is 0 Å². The summed E-state index contributed by atoms with van der Waals surface area (Å²) in [7, 11) is 0. The molecular formula is C19H19F3N4O5. The van der Waals surface area contributed by atoms with E-state index in [2.05, 4.69) is 20.1 Å². The minimum Gasteiger partial charge on any atom is -0.473 e. The summed E-state index contributed by atoms with van der Waals surface area (Å²) in [6, 6.07) is 8.25. The zero-order valence-electron chi connectivity index (χ0n) is 16.4. The maximum atomic E-state index is 12.2. The van der Waals surface area contributed by atoms with Gasteiger partial charge in [-0.2, -0.15) is 0 Å². The molecule has 3 rings (SSSR count). The predicted molar refractivity (Wildman–Crippen MR) is 101 cm³/mol. The average molecular weight is 440 g/mol. The van der Waals surface area contributed by atoms with Crippen molar-refractivity contribution in [3.63, 3.8) is 0 Å². The average Bonchev–Trinajstić information content (AvgIpc) is 2.73. The van der Waals surface area contributed by atoms with Gasteiger partial charge in [-0.3, -0.25) is 0 Å². The number of halogens is 3. The van der Waals surface area contributed by atoms with Crippen LogP contribution in [0.2, 0.25) is 0 Å². The number of hydrogen-bond acceptors (Lipinski definition) is 7. The molecule has 0 radical (unpaired) electrons. The van der Waals surface area contributed by atoms with Crippen LogP contribution >= 0.6 is 0 Å². The molecule has 0 bridgehead atoms. The monoisotopic (exact) mass is 440 g/mol. The fourth-order valence-electron chi connectivity index (χ4n) is 2.82. The summed E-state index contributed by atoms with van der Waals surface area (Å²) in [5.41, 5.74) is 0.945. The van der Waals surface area contributed by atoms with Gasteiger partial charge >= 0.3 is 12.5 Å². The van der Waals surface area contributed by atoms with E-state index in [0.29, 0.717) is 37.2 Å². The number of aromatic nitrogens is 2. The molecule has 1 aromatic carbocycles. The smallest absolute Gasteiger partial charge is 0.473 e. The van der Waals surface area contributed by atoms with Crippen LogP contribution in [0.5, 0.6) is 17.5 Å². The largest absolute Gasteiger partial charge is 0.573 e. The molecule has 0 aliphatic carbocycles. The summed E-state index contributed by atoms with van der Waals surface area (Å²) in [6.07, 6.45) is -4.73. The minimum atomic E-state index is -4.75. The number of hydrogen-bond donors (Lipinski definition) is 1. The Hall–Kier alpha value is -3.57. The number of nitrogens with zero attached hydrogens (tertiary/aromatic N) is 4. The molecule has 0 spiro atoms. The lowest BCUT2D eigenvalue weighted by atomic mass is 10.1. The molecule has 0 saturated carbocycles. The van der Waals surface area contributed by atoms with Crippen LogP contribution in [-0.4, -0.2) is 57.6 Å². The number of piperidine rings is 1. The van der Waals surface area contributed by atoms with Crippen LogP contribution in [0.15, 0.2) is 41.6 Å². The molecule has 0 atom stereocenters. The third-order valence-electron chi connectivity index (χ3n) is 4.40. The second kappa shape index (κ2) is 9.49. The second-order valence-corrected chi connectivity index (χ2v) is 6.64. The van der Waals surface area contributed by atoms with Crippen molar-refractivity contribution in [2.24, 2.45) is 5.16 Å². The first-order chi connectivity index (χ1) is 14.7. The molecule has 1 saturated heterocycles. The minimum absolute atomic E-state index is 0.101. The summed E-state index contributed by atoms with van der Waals surface area (Å²) in [6.45, 7) is 2.41. The zero-order valence-corrected chi connectivity index (χ0v) is 16.4. The first-order valence-corrected chi connectivity index (χ1v) is 9.25. The van der Waals surface area contributed by atoms with Gasteiger partial charge in [-0.15, -0.1) is 23.4 Å². The van der Waals surface area contributed by atoms with E-state index in [1.165, 1.54) is 35.2 Å². The van der Waals surface area contributed by atoms with Crippen LogP contribution < -0.4 is 14.3 Å². The van der Waals surface area contributed by atoms with Crippen LogP contribution in [0, 0.1) is 0 Å². The lowest BCUT2D eigenvalue weighted by Crippen LogP contribution is -2.41. The SMILES string of the molecule is C/C(=N/Oc1ccc(OC2CCN(C(=O)O)CC2)nn1)c1ccc(OC(F)(F)F)cc1. The Balaban J connectivity index is 1.51. The Morgan fingerprint density at radius 3 is 2.26 bits per heavy atom. The van der Waals surface area contributed by atoms with Crippen molar-refractivity contribution in [2.45, 2.75) is 32.2 Å². The quantitative estimate of drug-likeness (QED) is 0.539. The number of carbonyl (C=O) groups is 1. The standard InChI is InChI=1S/C19H19F3N4O5/c1-12(13-2-4-15(5-3-13)30-19(20,21)22)25-31-17-7-6-16(23-24-17)29-14-8-10-26(11-9-14)18(27)28/h2-7,14H,8-11H2,1H3,(H,27,28)/b25-12-. The van der Waals surface area contributed by atoms with E-state index in [0.717, 1.165) is 0 Å². The molecule has 31 heavy (non-hydrogen) atoms. The van der Waals surface area contributed by atoms with Gasteiger partial charge in [0, 0.05) is 38.1 Å². The molecule has 2 heterocycles. The number of rotatable bonds is 6. The number of benzene rings is 1. The molecule has 2 aromatic rings. The number of carboxylic acid groups (broad SMARTS) is 1. The molecule has 0 unspecified atom stereocenters. The highest BCUT2D eigenvalue weighted by molar-refractivity contribution is 5.98. The number of amides is 1. The molecule has 1 aromatic heterocycles. The Labute approximate surface area is 175 Å². The fraction of sp³-hybridized carbons (Fsp3) is 0.368. The lowest BCUT2D eigenvalue weighted by molar-refractivity contribution is -0.274. The van der Waals surface area contributed by atoms with Gasteiger partial charge in [-0.05, 0) is 36.8 Å². The van der Waals surface area contributed by atoms with Crippen LogP contribution in [0.25, 0.3) is 0 Å². The molecule has 1 aliphatic heterocycles. The normalized spacial score (nSPS) is 15.5. The van der Waals surface area contributed by atoms with E-state index in [1.54, 1.807) is 13.0 Å². The molecule has 1 fully saturated rings. The van der Waals surface area contributed by atoms with E-state index in [9.17, 15) is 18.0 Å². The first-order valence-electron chi connectivity index (χ1n) is 9.25. The van der Waals surface area contributed by atoms with Crippen molar-refractivity contribution in [1.82, 2.24) is 15.1 Å². The van der Waals surface area contributed by atoms with Crippen molar-refractivity contribution < 1.29 is 37.4 Å². The molecular weight excluding hydrogens is 421 g/mol. The van der Waals surface area contributed by atoms with Crippen molar-refractivity contribution in [1.29, 1.82) is 0 Å². The molecule has 9 nitrogen and oxygen atoms in total. The highest BCUT2D eigenvalue weighted by Crippen LogP contribution is 2.23. The van der Waals surface area contributed by atoms with Crippen molar-refractivity contribution in [2.75, 3.05) is 13.1 Å². The molecule has 1 N–H and O–H groups in total. The van der Waals surface area contributed by atoms with Gasteiger partial charge < -0.3 is 24.3 Å². The van der Waals surface area contributed by atoms with Crippen LogP contribution in [0.1, 0.15) is 25.3 Å². The Morgan fingerprint density at radius 1 is 1.10 bits per heavy atom. The second-order valence-electron chi connectivity index (χ2n) is 6.64. The highest BCUT2D eigenvalue weighted by Gasteiger charge is 2.31. The van der Waals surface area contributed by atoms with Gasteiger partial charge in [0.05, 0.1) is 5.71 Å². The molecule has 12 heteroatoms. The summed E-state index contributed by atoms with van der Waals surface area (Å²) in [5, 5.41) is 20.6. The molecule has 1 amide bonds. The van der Waals surface area contributed by atoms with Gasteiger partial charge in [-0.25, -0.2) is 4.79 Å². The molecule has 1 aliphatic rings. The van der Waals surface area contributed by atoms with E-state index in [1.807, 2.05) is 0 Å². The number of alkyl halides is 3. The van der Waals surface area contributed by atoms with Crippen LogP contribution in [0.4, 0.5) is 18.0 Å². The zero-order chi connectivity index (χ0) is 22.4. The fourth-order valence-corrected chi connectivity index (χ4v) is 2.82. The predicted octanol–water partition coefficient (Wildman–Crippen LogP) is 3.70. The van der Waals surface area contributed by atoms with E-state index in [-0.39, 0.29) is 23.6 Å². The topological polar surface area (TPSA) is 106 Å². The third-order valence-corrected chi connectivity index (χ3v) is 4.40. The Kier molecular flexibility index (Phi) is 6.78. The van der Waals surface area contributed by atoms with Crippen LogP contribution in [-0.2, 0) is 0 Å². The number of likely N-dealkylation sites (tertiary alicyclic amines) is 1. The first kappa shape index (κ1) is 22.1. The summed E-state index contributed by atoms with van der Waals surface area (Å²) >= 11 is 0. The summed E-state index contributed by atoms with van der Waals surface area (Å²) < 4.78 is 46.1. The van der Waals surface area contributed by atoms with E-state index < -0.39 is 12.5 Å². The highest BCUT2D eigenvalue weighted by atomic mass is 19.4. The Morgan fingerprint density at radius 2 is 1.71 bits per heavy atom. The maximum absolute atomic E-state index is 12.2.